The minimum atomic E-state index is 0.503. The molecule has 1 rings (SSSR count). The van der Waals surface area contributed by atoms with Crippen LogP contribution < -0.4 is 4.74 Å². The van der Waals surface area contributed by atoms with Crippen molar-refractivity contribution < 1.29 is 4.74 Å². The third kappa shape index (κ3) is 3.31. The first kappa shape index (κ1) is 10.5. The van der Waals surface area contributed by atoms with Crippen LogP contribution >= 0.6 is 12.6 Å². The van der Waals surface area contributed by atoms with E-state index < -0.39 is 0 Å². The summed E-state index contributed by atoms with van der Waals surface area (Å²) in [6.07, 6.45) is 0. The molecule has 0 radical (unpaired) electrons. The second kappa shape index (κ2) is 5.18. The average Bonchev–Trinajstić information content (AvgIpc) is 2.16. The van der Waals surface area contributed by atoms with Gasteiger partial charge in [-0.3, -0.25) is 0 Å². The third-order valence-corrected chi connectivity index (χ3v) is 2.55. The molecule has 0 bridgehead atoms. The van der Waals surface area contributed by atoms with E-state index in [0.717, 1.165) is 18.1 Å². The number of ether oxygens (including phenoxy) is 1. The zero-order chi connectivity index (χ0) is 9.68. The summed E-state index contributed by atoms with van der Waals surface area (Å²) in [6, 6.07) is 8.07. The van der Waals surface area contributed by atoms with Crippen molar-refractivity contribution in [2.75, 3.05) is 12.4 Å². The Bertz CT molecular complexity index is 260. The van der Waals surface area contributed by atoms with E-state index in [9.17, 15) is 0 Å². The number of aryl methyl sites for hydroxylation is 1. The fourth-order valence-corrected chi connectivity index (χ4v) is 1.11. The largest absolute Gasteiger partial charge is 0.493 e. The van der Waals surface area contributed by atoms with Crippen molar-refractivity contribution in [3.05, 3.63) is 29.8 Å². The molecule has 0 saturated heterocycles. The van der Waals surface area contributed by atoms with Crippen molar-refractivity contribution in [2.24, 2.45) is 5.92 Å². The van der Waals surface area contributed by atoms with Crippen LogP contribution in [0.15, 0.2) is 24.3 Å². The molecule has 0 amide bonds. The molecule has 13 heavy (non-hydrogen) atoms. The number of para-hydroxylation sites is 1. The zero-order valence-electron chi connectivity index (χ0n) is 8.16. The molecule has 2 heteroatoms. The Morgan fingerprint density at radius 3 is 2.69 bits per heavy atom. The van der Waals surface area contributed by atoms with E-state index in [-0.39, 0.29) is 0 Å². The lowest BCUT2D eigenvalue weighted by atomic mass is 10.2. The summed E-state index contributed by atoms with van der Waals surface area (Å²) in [5.41, 5.74) is 1.19. The highest BCUT2D eigenvalue weighted by Crippen LogP contribution is 2.16. The molecule has 0 heterocycles. The number of thiol groups is 1. The van der Waals surface area contributed by atoms with Crippen LogP contribution in [0.2, 0.25) is 0 Å². The minimum Gasteiger partial charge on any atom is -0.493 e. The highest BCUT2D eigenvalue weighted by Gasteiger charge is 2.01. The summed E-state index contributed by atoms with van der Waals surface area (Å²) in [5, 5.41) is 0. The van der Waals surface area contributed by atoms with Crippen LogP contribution in [0.25, 0.3) is 0 Å². The van der Waals surface area contributed by atoms with Gasteiger partial charge in [0.25, 0.3) is 0 Å². The van der Waals surface area contributed by atoms with Crippen molar-refractivity contribution in [3.63, 3.8) is 0 Å². The molecule has 1 unspecified atom stereocenters. The van der Waals surface area contributed by atoms with E-state index in [1.807, 2.05) is 18.2 Å². The average molecular weight is 196 g/mol. The lowest BCUT2D eigenvalue weighted by molar-refractivity contribution is 0.272. The van der Waals surface area contributed by atoms with Crippen molar-refractivity contribution in [1.29, 1.82) is 0 Å². The normalized spacial score (nSPS) is 12.5. The maximum absolute atomic E-state index is 5.64. The highest BCUT2D eigenvalue weighted by atomic mass is 32.1. The molecule has 0 fully saturated rings. The molecule has 1 aromatic rings. The number of rotatable bonds is 4. The maximum atomic E-state index is 5.64. The Balaban J connectivity index is 2.50. The molecule has 0 aliphatic carbocycles. The fourth-order valence-electron chi connectivity index (χ4n) is 1.00. The Morgan fingerprint density at radius 1 is 1.38 bits per heavy atom. The lowest BCUT2D eigenvalue weighted by Gasteiger charge is -2.12. The van der Waals surface area contributed by atoms with E-state index >= 15 is 0 Å². The van der Waals surface area contributed by atoms with Gasteiger partial charge in [-0.1, -0.05) is 25.1 Å². The molecule has 1 aromatic carbocycles. The summed E-state index contributed by atoms with van der Waals surface area (Å²) in [5.74, 6) is 2.35. The summed E-state index contributed by atoms with van der Waals surface area (Å²) in [4.78, 5) is 0. The van der Waals surface area contributed by atoms with E-state index in [0.29, 0.717) is 5.92 Å². The number of hydrogen-bond donors (Lipinski definition) is 1. The van der Waals surface area contributed by atoms with Crippen molar-refractivity contribution in [1.82, 2.24) is 0 Å². The van der Waals surface area contributed by atoms with Gasteiger partial charge in [0, 0.05) is 0 Å². The Kier molecular flexibility index (Phi) is 4.16. The van der Waals surface area contributed by atoms with Crippen molar-refractivity contribution >= 4 is 12.6 Å². The molecular formula is C11H16OS. The van der Waals surface area contributed by atoms with Crippen LogP contribution in [0.3, 0.4) is 0 Å². The molecule has 1 atom stereocenters. The summed E-state index contributed by atoms with van der Waals surface area (Å²) >= 11 is 4.21. The Labute approximate surface area is 85.5 Å². The second-order valence-electron chi connectivity index (χ2n) is 3.36. The van der Waals surface area contributed by atoms with Gasteiger partial charge in [-0.15, -0.1) is 0 Å². The molecule has 0 aliphatic heterocycles. The summed E-state index contributed by atoms with van der Waals surface area (Å²) in [7, 11) is 0. The van der Waals surface area contributed by atoms with Crippen LogP contribution in [0.5, 0.6) is 5.75 Å². The van der Waals surface area contributed by atoms with Gasteiger partial charge >= 0.3 is 0 Å². The quantitative estimate of drug-likeness (QED) is 0.728. The predicted molar refractivity (Wildman–Crippen MR) is 59.7 cm³/mol. The first-order valence-electron chi connectivity index (χ1n) is 4.53. The molecule has 0 saturated carbocycles. The monoisotopic (exact) mass is 196 g/mol. The van der Waals surface area contributed by atoms with E-state index in [2.05, 4.69) is 32.5 Å². The van der Waals surface area contributed by atoms with E-state index in [1.54, 1.807) is 0 Å². The van der Waals surface area contributed by atoms with Crippen molar-refractivity contribution in [2.45, 2.75) is 13.8 Å². The predicted octanol–water partition coefficient (Wildman–Crippen LogP) is 2.94. The Morgan fingerprint density at radius 2 is 2.08 bits per heavy atom. The fraction of sp³-hybridized carbons (Fsp3) is 0.455. The Hall–Kier alpha value is -0.630. The molecule has 0 aromatic heterocycles. The third-order valence-electron chi connectivity index (χ3n) is 1.93. The van der Waals surface area contributed by atoms with Crippen LogP contribution in [0, 0.1) is 12.8 Å². The first-order valence-corrected chi connectivity index (χ1v) is 5.16. The molecule has 0 aliphatic rings. The molecule has 0 spiro atoms. The van der Waals surface area contributed by atoms with Crippen molar-refractivity contribution in [3.8, 4) is 5.75 Å². The van der Waals surface area contributed by atoms with Gasteiger partial charge in [-0.05, 0) is 30.2 Å². The maximum Gasteiger partial charge on any atom is 0.122 e. The molecule has 72 valence electrons. The van der Waals surface area contributed by atoms with Gasteiger partial charge in [0.1, 0.15) is 5.75 Å². The summed E-state index contributed by atoms with van der Waals surface area (Å²) < 4.78 is 5.64. The zero-order valence-corrected chi connectivity index (χ0v) is 9.05. The second-order valence-corrected chi connectivity index (χ2v) is 3.73. The first-order chi connectivity index (χ1) is 6.24. The highest BCUT2D eigenvalue weighted by molar-refractivity contribution is 7.80. The molecule has 1 nitrogen and oxygen atoms in total. The van der Waals surface area contributed by atoms with E-state index in [4.69, 9.17) is 4.74 Å². The van der Waals surface area contributed by atoms with Crippen LogP contribution in [-0.4, -0.2) is 12.4 Å². The van der Waals surface area contributed by atoms with Crippen LogP contribution in [0.4, 0.5) is 0 Å². The van der Waals surface area contributed by atoms with Gasteiger partial charge in [-0.25, -0.2) is 0 Å². The number of hydrogen-bond acceptors (Lipinski definition) is 2. The number of benzene rings is 1. The lowest BCUT2D eigenvalue weighted by Crippen LogP contribution is -2.10. The standard InChI is InChI=1S/C11H16OS/c1-9(8-13)7-12-11-6-4-3-5-10(11)2/h3-6,9,13H,7-8H2,1-2H3. The minimum absolute atomic E-state index is 0.503. The SMILES string of the molecule is Cc1ccccc1OCC(C)CS. The van der Waals surface area contributed by atoms with Gasteiger partial charge < -0.3 is 4.74 Å². The van der Waals surface area contributed by atoms with Gasteiger partial charge in [0.05, 0.1) is 6.61 Å². The van der Waals surface area contributed by atoms with Gasteiger partial charge in [-0.2, -0.15) is 12.6 Å². The van der Waals surface area contributed by atoms with Crippen LogP contribution in [0.1, 0.15) is 12.5 Å². The molecule has 0 N–H and O–H groups in total. The van der Waals surface area contributed by atoms with Gasteiger partial charge in [0.2, 0.25) is 0 Å². The van der Waals surface area contributed by atoms with E-state index in [1.165, 1.54) is 5.56 Å². The molecular weight excluding hydrogens is 180 g/mol. The van der Waals surface area contributed by atoms with Gasteiger partial charge in [0.15, 0.2) is 0 Å². The topological polar surface area (TPSA) is 9.23 Å². The summed E-state index contributed by atoms with van der Waals surface area (Å²) in [6.45, 7) is 4.93. The smallest absolute Gasteiger partial charge is 0.122 e. The van der Waals surface area contributed by atoms with Crippen LogP contribution in [-0.2, 0) is 0 Å².